The van der Waals surface area contributed by atoms with Crippen molar-refractivity contribution in [3.63, 3.8) is 0 Å². The quantitative estimate of drug-likeness (QED) is 0.724. The number of halogens is 2. The summed E-state index contributed by atoms with van der Waals surface area (Å²) in [5, 5.41) is 1.50. The number of nitrogens with zero attached hydrogens (tertiary/aromatic N) is 1. The molecule has 0 radical (unpaired) electrons. The first-order valence-corrected chi connectivity index (χ1v) is 7.59. The van der Waals surface area contributed by atoms with Gasteiger partial charge in [-0.1, -0.05) is 62.2 Å². The summed E-state index contributed by atoms with van der Waals surface area (Å²) in [6, 6.07) is 9.67. The molecule has 0 bridgehead atoms. The van der Waals surface area contributed by atoms with Crippen LogP contribution in [-0.2, 0) is 11.3 Å². The molecule has 17 heavy (non-hydrogen) atoms. The van der Waals surface area contributed by atoms with Crippen LogP contribution in [0.25, 0.3) is 0 Å². The lowest BCUT2D eigenvalue weighted by Gasteiger charge is -2.20. The van der Waals surface area contributed by atoms with Crippen molar-refractivity contribution < 1.29 is 9.53 Å². The van der Waals surface area contributed by atoms with Crippen molar-refractivity contribution in [2.24, 2.45) is 0 Å². The topological polar surface area (TPSA) is 29.5 Å². The van der Waals surface area contributed by atoms with Gasteiger partial charge in [-0.05, 0) is 5.56 Å². The Morgan fingerprint density at radius 2 is 1.71 bits per heavy atom. The number of alkyl halides is 2. The molecule has 1 aromatic rings. The number of carbonyl (C=O) groups is 1. The monoisotopic (exact) mass is 363 g/mol. The summed E-state index contributed by atoms with van der Waals surface area (Å²) in [7, 11) is 0. The standard InChI is InChI=1S/C12H15Br2NO2/c13-6-8-15(9-7-14)12(16)17-10-11-4-2-1-3-5-11/h1-5H,6-10H2. The number of carbonyl (C=O) groups excluding carboxylic acids is 1. The van der Waals surface area contributed by atoms with Gasteiger partial charge in [0.05, 0.1) is 0 Å². The van der Waals surface area contributed by atoms with Gasteiger partial charge in [-0.2, -0.15) is 0 Å². The molecule has 0 unspecified atom stereocenters. The van der Waals surface area contributed by atoms with E-state index in [1.807, 2.05) is 30.3 Å². The SMILES string of the molecule is O=C(OCc1ccccc1)N(CCBr)CCBr. The molecule has 0 aliphatic heterocycles. The fraction of sp³-hybridized carbons (Fsp3) is 0.417. The molecular weight excluding hydrogens is 350 g/mol. The van der Waals surface area contributed by atoms with Crippen molar-refractivity contribution in [2.75, 3.05) is 23.7 Å². The number of benzene rings is 1. The maximum Gasteiger partial charge on any atom is 0.410 e. The van der Waals surface area contributed by atoms with Crippen LogP contribution in [-0.4, -0.2) is 34.7 Å². The van der Waals surface area contributed by atoms with Gasteiger partial charge in [0.15, 0.2) is 0 Å². The highest BCUT2D eigenvalue weighted by molar-refractivity contribution is 9.09. The Kier molecular flexibility index (Phi) is 7.28. The molecule has 0 fully saturated rings. The Hall–Kier alpha value is -0.550. The van der Waals surface area contributed by atoms with E-state index in [-0.39, 0.29) is 6.09 Å². The molecule has 1 rings (SSSR count). The molecule has 0 N–H and O–H groups in total. The Labute approximate surface area is 118 Å². The normalized spacial score (nSPS) is 10.0. The van der Waals surface area contributed by atoms with Crippen molar-refractivity contribution in [1.29, 1.82) is 0 Å². The predicted octanol–water partition coefficient (Wildman–Crippen LogP) is 3.42. The number of hydrogen-bond donors (Lipinski definition) is 0. The summed E-state index contributed by atoms with van der Waals surface area (Å²) >= 11 is 6.64. The van der Waals surface area contributed by atoms with Gasteiger partial charge >= 0.3 is 6.09 Å². The zero-order valence-electron chi connectivity index (χ0n) is 9.44. The minimum atomic E-state index is -0.271. The Bertz CT molecular complexity index is 327. The third kappa shape index (κ3) is 5.55. The number of amides is 1. The molecule has 5 heteroatoms. The molecule has 1 aromatic carbocycles. The summed E-state index contributed by atoms with van der Waals surface area (Å²) in [5.74, 6) is 0. The van der Waals surface area contributed by atoms with Gasteiger partial charge in [-0.25, -0.2) is 4.79 Å². The molecule has 0 heterocycles. The first-order valence-electron chi connectivity index (χ1n) is 5.35. The zero-order chi connectivity index (χ0) is 12.5. The first-order chi connectivity index (χ1) is 8.27. The van der Waals surface area contributed by atoms with E-state index >= 15 is 0 Å². The molecule has 0 atom stereocenters. The van der Waals surface area contributed by atoms with Crippen molar-refractivity contribution >= 4 is 38.0 Å². The zero-order valence-corrected chi connectivity index (χ0v) is 12.6. The average Bonchev–Trinajstić information content (AvgIpc) is 2.37. The summed E-state index contributed by atoms with van der Waals surface area (Å²) in [6.45, 7) is 1.62. The fourth-order valence-electron chi connectivity index (χ4n) is 1.31. The number of rotatable bonds is 6. The highest BCUT2D eigenvalue weighted by Crippen LogP contribution is 2.04. The van der Waals surface area contributed by atoms with Crippen LogP contribution in [0.3, 0.4) is 0 Å². The Morgan fingerprint density at radius 3 is 2.24 bits per heavy atom. The minimum absolute atomic E-state index is 0.271. The van der Waals surface area contributed by atoms with Crippen molar-refractivity contribution in [3.05, 3.63) is 35.9 Å². The highest BCUT2D eigenvalue weighted by Gasteiger charge is 2.13. The molecule has 0 saturated carbocycles. The molecule has 0 aliphatic rings. The predicted molar refractivity (Wildman–Crippen MR) is 75.8 cm³/mol. The lowest BCUT2D eigenvalue weighted by Crippen LogP contribution is -2.34. The van der Waals surface area contributed by atoms with Crippen LogP contribution in [0.15, 0.2) is 30.3 Å². The lowest BCUT2D eigenvalue weighted by molar-refractivity contribution is 0.101. The van der Waals surface area contributed by atoms with Crippen LogP contribution in [0.4, 0.5) is 4.79 Å². The molecular formula is C12H15Br2NO2. The van der Waals surface area contributed by atoms with E-state index in [0.29, 0.717) is 19.7 Å². The molecule has 0 spiro atoms. The van der Waals surface area contributed by atoms with Crippen LogP contribution < -0.4 is 0 Å². The van der Waals surface area contributed by atoms with Gasteiger partial charge in [0, 0.05) is 23.7 Å². The minimum Gasteiger partial charge on any atom is -0.445 e. The van der Waals surface area contributed by atoms with Gasteiger partial charge in [0.2, 0.25) is 0 Å². The number of hydrogen-bond acceptors (Lipinski definition) is 2. The van der Waals surface area contributed by atoms with E-state index in [1.165, 1.54) is 0 Å². The molecule has 0 aromatic heterocycles. The van der Waals surface area contributed by atoms with Crippen molar-refractivity contribution in [2.45, 2.75) is 6.61 Å². The van der Waals surface area contributed by atoms with Gasteiger partial charge in [-0.15, -0.1) is 0 Å². The first kappa shape index (κ1) is 14.5. The molecule has 0 aliphatic carbocycles. The second-order valence-electron chi connectivity index (χ2n) is 3.41. The smallest absolute Gasteiger partial charge is 0.410 e. The van der Waals surface area contributed by atoms with Gasteiger partial charge < -0.3 is 9.64 Å². The van der Waals surface area contributed by atoms with Crippen LogP contribution >= 0.6 is 31.9 Å². The fourth-order valence-corrected chi connectivity index (χ4v) is 2.17. The van der Waals surface area contributed by atoms with Crippen LogP contribution in [0.5, 0.6) is 0 Å². The molecule has 94 valence electrons. The van der Waals surface area contributed by atoms with Crippen LogP contribution in [0, 0.1) is 0 Å². The van der Waals surface area contributed by atoms with E-state index in [9.17, 15) is 4.79 Å². The van der Waals surface area contributed by atoms with Gasteiger partial charge in [0.25, 0.3) is 0 Å². The molecule has 1 amide bonds. The second kappa shape index (κ2) is 8.53. The van der Waals surface area contributed by atoms with Crippen molar-refractivity contribution in [3.8, 4) is 0 Å². The Morgan fingerprint density at radius 1 is 1.12 bits per heavy atom. The van der Waals surface area contributed by atoms with E-state index in [0.717, 1.165) is 16.2 Å². The summed E-state index contributed by atoms with van der Waals surface area (Å²) in [5.41, 5.74) is 0.999. The second-order valence-corrected chi connectivity index (χ2v) is 4.99. The van der Waals surface area contributed by atoms with Gasteiger partial charge in [0.1, 0.15) is 6.61 Å². The summed E-state index contributed by atoms with van der Waals surface area (Å²) in [4.78, 5) is 13.4. The Balaban J connectivity index is 2.41. The van der Waals surface area contributed by atoms with E-state index in [2.05, 4.69) is 31.9 Å². The maximum absolute atomic E-state index is 11.8. The van der Waals surface area contributed by atoms with Gasteiger partial charge in [-0.3, -0.25) is 0 Å². The maximum atomic E-state index is 11.8. The van der Waals surface area contributed by atoms with Crippen LogP contribution in [0.2, 0.25) is 0 Å². The van der Waals surface area contributed by atoms with Crippen molar-refractivity contribution in [1.82, 2.24) is 4.90 Å². The lowest BCUT2D eigenvalue weighted by atomic mass is 10.2. The molecule has 0 saturated heterocycles. The van der Waals surface area contributed by atoms with E-state index in [4.69, 9.17) is 4.74 Å². The third-order valence-corrected chi connectivity index (χ3v) is 2.88. The largest absolute Gasteiger partial charge is 0.445 e. The third-order valence-electron chi connectivity index (χ3n) is 2.17. The number of ether oxygens (including phenoxy) is 1. The van der Waals surface area contributed by atoms with Crippen LogP contribution in [0.1, 0.15) is 5.56 Å². The van der Waals surface area contributed by atoms with E-state index < -0.39 is 0 Å². The molecule has 3 nitrogen and oxygen atoms in total. The summed E-state index contributed by atoms with van der Waals surface area (Å²) < 4.78 is 5.24. The van der Waals surface area contributed by atoms with E-state index in [1.54, 1.807) is 4.90 Å². The summed E-state index contributed by atoms with van der Waals surface area (Å²) in [6.07, 6.45) is -0.271. The average molecular weight is 365 g/mol. The highest BCUT2D eigenvalue weighted by atomic mass is 79.9.